The van der Waals surface area contributed by atoms with Gasteiger partial charge in [-0.3, -0.25) is 0 Å². The maximum absolute atomic E-state index is 12.1. The van der Waals surface area contributed by atoms with Gasteiger partial charge in [0.2, 0.25) is 10.0 Å². The van der Waals surface area contributed by atoms with Crippen LogP contribution < -0.4 is 10.5 Å². The van der Waals surface area contributed by atoms with Gasteiger partial charge in [0.15, 0.2) is 0 Å². The fraction of sp³-hybridized carbons (Fsp3) is 0.0909. The molecule has 0 aliphatic rings. The van der Waals surface area contributed by atoms with E-state index >= 15 is 0 Å². The third kappa shape index (κ3) is 2.90. The van der Waals surface area contributed by atoms with Gasteiger partial charge >= 0.3 is 0 Å². The molecule has 1 heterocycles. The molecule has 3 N–H and O–H groups in total. The van der Waals surface area contributed by atoms with Crippen molar-refractivity contribution in [3.8, 4) is 6.07 Å². The van der Waals surface area contributed by atoms with E-state index in [1.165, 1.54) is 30.5 Å². The van der Waals surface area contributed by atoms with Crippen molar-refractivity contribution in [2.45, 2.75) is 11.4 Å². The van der Waals surface area contributed by atoms with Gasteiger partial charge in [-0.05, 0) is 18.2 Å². The first-order valence-corrected chi connectivity index (χ1v) is 6.70. The molecule has 0 radical (unpaired) electrons. The summed E-state index contributed by atoms with van der Waals surface area (Å²) < 4.78 is 31.0. The lowest BCUT2D eigenvalue weighted by molar-refractivity contribution is 0.411. The Hall–Kier alpha value is -2.37. The molecule has 1 aromatic carbocycles. The van der Waals surface area contributed by atoms with Crippen molar-refractivity contribution in [1.29, 1.82) is 5.26 Å². The number of nitrogens with two attached hydrogens (primary N) is 1. The molecule has 7 nitrogen and oxygen atoms in total. The van der Waals surface area contributed by atoms with Crippen LogP contribution in [0.2, 0.25) is 0 Å². The minimum absolute atomic E-state index is 0.00680. The van der Waals surface area contributed by atoms with E-state index in [9.17, 15) is 8.42 Å². The van der Waals surface area contributed by atoms with Crippen molar-refractivity contribution in [2.75, 3.05) is 5.73 Å². The monoisotopic (exact) mass is 278 g/mol. The van der Waals surface area contributed by atoms with Gasteiger partial charge in [0, 0.05) is 11.8 Å². The second-order valence-electron chi connectivity index (χ2n) is 3.68. The van der Waals surface area contributed by atoms with E-state index in [4.69, 9.17) is 11.0 Å². The quantitative estimate of drug-likeness (QED) is 0.790. The molecule has 2 aromatic rings. The molecule has 0 atom stereocenters. The second kappa shape index (κ2) is 5.09. The molecule has 0 aliphatic carbocycles. The SMILES string of the molecule is N#Cc1cc(N)ccc1S(=O)(=O)NCc1ccon1. The Morgan fingerprint density at radius 1 is 1.42 bits per heavy atom. The van der Waals surface area contributed by atoms with Gasteiger partial charge in [-0.2, -0.15) is 5.26 Å². The van der Waals surface area contributed by atoms with E-state index in [1.807, 2.05) is 0 Å². The normalized spacial score (nSPS) is 11.1. The number of hydrogen-bond acceptors (Lipinski definition) is 6. The molecule has 1 aromatic heterocycles. The number of hydrogen-bond donors (Lipinski definition) is 2. The highest BCUT2D eigenvalue weighted by atomic mass is 32.2. The molecular weight excluding hydrogens is 268 g/mol. The summed E-state index contributed by atoms with van der Waals surface area (Å²) in [4.78, 5) is -0.118. The maximum atomic E-state index is 12.1. The average Bonchev–Trinajstić information content (AvgIpc) is 2.89. The minimum atomic E-state index is -3.81. The van der Waals surface area contributed by atoms with Crippen molar-refractivity contribution >= 4 is 15.7 Å². The summed E-state index contributed by atoms with van der Waals surface area (Å²) in [5, 5.41) is 12.5. The molecular formula is C11H10N4O3S. The molecule has 0 bridgehead atoms. The summed E-state index contributed by atoms with van der Waals surface area (Å²) in [7, 11) is -3.81. The van der Waals surface area contributed by atoms with E-state index in [2.05, 4.69) is 14.4 Å². The lowest BCUT2D eigenvalue weighted by Crippen LogP contribution is -2.24. The fourth-order valence-corrected chi connectivity index (χ4v) is 2.58. The van der Waals surface area contributed by atoms with Crippen molar-refractivity contribution < 1.29 is 12.9 Å². The van der Waals surface area contributed by atoms with Crippen LogP contribution >= 0.6 is 0 Å². The molecule has 0 unspecified atom stereocenters. The Bertz CT molecular complexity index is 717. The number of nitrogens with one attached hydrogen (secondary N) is 1. The Kier molecular flexibility index (Phi) is 3.50. The predicted octanol–water partition coefficient (Wildman–Crippen LogP) is 0.607. The van der Waals surface area contributed by atoms with Crippen LogP contribution in [0.3, 0.4) is 0 Å². The van der Waals surface area contributed by atoms with Gasteiger partial charge in [0.1, 0.15) is 12.3 Å². The van der Waals surface area contributed by atoms with Gasteiger partial charge in [-0.1, -0.05) is 5.16 Å². The van der Waals surface area contributed by atoms with E-state index in [0.717, 1.165) is 0 Å². The van der Waals surface area contributed by atoms with Crippen LogP contribution in [0.15, 0.2) is 39.9 Å². The minimum Gasteiger partial charge on any atom is -0.399 e. The van der Waals surface area contributed by atoms with E-state index in [-0.39, 0.29) is 17.0 Å². The molecule has 0 fully saturated rings. The molecule has 98 valence electrons. The molecule has 0 aliphatic heterocycles. The predicted molar refractivity (Wildman–Crippen MR) is 66.1 cm³/mol. The standard InChI is InChI=1S/C11H10N4O3S/c12-6-8-5-9(13)1-2-11(8)19(16,17)14-7-10-3-4-18-15-10/h1-5,14H,7,13H2. The largest absolute Gasteiger partial charge is 0.399 e. The third-order valence-corrected chi connectivity index (χ3v) is 3.81. The Labute approximate surface area is 109 Å². The van der Waals surface area contributed by atoms with Crippen LogP contribution in [0.25, 0.3) is 0 Å². The van der Waals surface area contributed by atoms with Crippen molar-refractivity contribution in [1.82, 2.24) is 9.88 Å². The fourth-order valence-electron chi connectivity index (χ4n) is 1.44. The summed E-state index contributed by atoms with van der Waals surface area (Å²) in [6.45, 7) is -0.0198. The number of nitrogens with zero attached hydrogens (tertiary/aromatic N) is 2. The topological polar surface area (TPSA) is 122 Å². The molecule has 2 rings (SSSR count). The zero-order valence-corrected chi connectivity index (χ0v) is 10.5. The van der Waals surface area contributed by atoms with E-state index in [1.54, 1.807) is 6.07 Å². The zero-order chi connectivity index (χ0) is 13.9. The summed E-state index contributed by atoms with van der Waals surface area (Å²) in [6, 6.07) is 7.36. The van der Waals surface area contributed by atoms with Gasteiger partial charge in [0.05, 0.1) is 22.7 Å². The summed E-state index contributed by atoms with van der Waals surface area (Å²) in [5.41, 5.74) is 6.27. The van der Waals surface area contributed by atoms with Gasteiger partial charge in [-0.15, -0.1) is 0 Å². The Morgan fingerprint density at radius 3 is 2.84 bits per heavy atom. The van der Waals surface area contributed by atoms with Crippen molar-refractivity contribution in [2.24, 2.45) is 0 Å². The highest BCUT2D eigenvalue weighted by Gasteiger charge is 2.18. The molecule has 0 spiro atoms. The number of nitriles is 1. The summed E-state index contributed by atoms with van der Waals surface area (Å²) >= 11 is 0. The Morgan fingerprint density at radius 2 is 2.21 bits per heavy atom. The van der Waals surface area contributed by atoms with Crippen LogP contribution in [0, 0.1) is 11.3 Å². The molecule has 0 saturated carbocycles. The third-order valence-electron chi connectivity index (χ3n) is 2.35. The number of anilines is 1. The van der Waals surface area contributed by atoms with Crippen LogP contribution in [-0.2, 0) is 16.6 Å². The first-order valence-electron chi connectivity index (χ1n) is 5.21. The molecule has 0 amide bonds. The summed E-state index contributed by atoms with van der Waals surface area (Å²) in [5.74, 6) is 0. The van der Waals surface area contributed by atoms with Gasteiger partial charge in [0.25, 0.3) is 0 Å². The number of rotatable bonds is 4. The first kappa shape index (κ1) is 13.1. The van der Waals surface area contributed by atoms with E-state index in [0.29, 0.717) is 11.4 Å². The lowest BCUT2D eigenvalue weighted by atomic mass is 10.2. The van der Waals surface area contributed by atoms with Gasteiger partial charge in [-0.25, -0.2) is 13.1 Å². The van der Waals surface area contributed by atoms with Crippen LogP contribution in [0.4, 0.5) is 5.69 Å². The zero-order valence-electron chi connectivity index (χ0n) is 9.70. The highest BCUT2D eigenvalue weighted by Crippen LogP contribution is 2.18. The number of aromatic nitrogens is 1. The van der Waals surface area contributed by atoms with Gasteiger partial charge < -0.3 is 10.3 Å². The number of benzene rings is 1. The van der Waals surface area contributed by atoms with Crippen LogP contribution in [-0.4, -0.2) is 13.6 Å². The molecule has 8 heteroatoms. The maximum Gasteiger partial charge on any atom is 0.242 e. The van der Waals surface area contributed by atoms with Crippen molar-refractivity contribution in [3.05, 3.63) is 41.8 Å². The molecule has 19 heavy (non-hydrogen) atoms. The smallest absolute Gasteiger partial charge is 0.242 e. The highest BCUT2D eigenvalue weighted by molar-refractivity contribution is 7.89. The molecule has 0 saturated heterocycles. The Balaban J connectivity index is 2.27. The second-order valence-corrected chi connectivity index (χ2v) is 5.42. The average molecular weight is 278 g/mol. The van der Waals surface area contributed by atoms with Crippen LogP contribution in [0.5, 0.6) is 0 Å². The first-order chi connectivity index (χ1) is 9.03. The number of sulfonamides is 1. The number of nitrogen functional groups attached to an aromatic ring is 1. The summed E-state index contributed by atoms with van der Waals surface area (Å²) in [6.07, 6.45) is 1.34. The van der Waals surface area contributed by atoms with E-state index < -0.39 is 10.0 Å². The van der Waals surface area contributed by atoms with Crippen molar-refractivity contribution in [3.63, 3.8) is 0 Å². The van der Waals surface area contributed by atoms with Crippen LogP contribution in [0.1, 0.15) is 11.3 Å². The lowest BCUT2D eigenvalue weighted by Gasteiger charge is -2.07.